The average Bonchev–Trinajstić information content (AvgIpc) is 3.55. The lowest BCUT2D eigenvalue weighted by Crippen LogP contribution is -2.49. The van der Waals surface area contributed by atoms with E-state index in [1.54, 1.807) is 0 Å². The summed E-state index contributed by atoms with van der Waals surface area (Å²) in [4.78, 5) is 18.5. The second-order valence-corrected chi connectivity index (χ2v) is 13.6. The van der Waals surface area contributed by atoms with Crippen LogP contribution in [-0.4, -0.2) is 73.7 Å². The molecule has 0 radical (unpaired) electrons. The lowest BCUT2D eigenvalue weighted by atomic mass is 9.81. The van der Waals surface area contributed by atoms with E-state index in [9.17, 15) is 9.18 Å². The molecule has 0 saturated carbocycles. The van der Waals surface area contributed by atoms with Crippen molar-refractivity contribution in [2.24, 2.45) is 5.92 Å². The van der Waals surface area contributed by atoms with E-state index >= 15 is 4.39 Å². The van der Waals surface area contributed by atoms with Gasteiger partial charge in [0.25, 0.3) is 0 Å². The van der Waals surface area contributed by atoms with Gasteiger partial charge < -0.3 is 19.7 Å². The number of halogens is 3. The number of fused-ring (bicyclic) bond motifs is 2. The molecule has 2 aromatic carbocycles. The van der Waals surface area contributed by atoms with Crippen LogP contribution < -0.4 is 5.32 Å². The predicted molar refractivity (Wildman–Crippen MR) is 159 cm³/mol. The number of ether oxygens (including phenoxy) is 2. The van der Waals surface area contributed by atoms with E-state index in [0.29, 0.717) is 63.8 Å². The maximum Gasteiger partial charge on any atom is 0.227 e. The largest absolute Gasteiger partial charge is 0.381 e. The highest BCUT2D eigenvalue weighted by Crippen LogP contribution is 2.53. The Morgan fingerprint density at radius 1 is 1.07 bits per heavy atom. The van der Waals surface area contributed by atoms with Gasteiger partial charge in [0.2, 0.25) is 5.91 Å². The summed E-state index contributed by atoms with van der Waals surface area (Å²) in [6, 6.07) is 8.27. The summed E-state index contributed by atoms with van der Waals surface area (Å²) in [7, 11) is 1.95. The van der Waals surface area contributed by atoms with Gasteiger partial charge in [0.1, 0.15) is 17.7 Å². The molecule has 1 amide bonds. The zero-order valence-electron chi connectivity index (χ0n) is 25.0. The molecule has 0 unspecified atom stereocenters. The third-order valence-electron chi connectivity index (χ3n) is 10.4. The predicted octanol–water partition coefficient (Wildman–Crippen LogP) is 5.71. The first-order valence-electron chi connectivity index (χ1n) is 15.3. The monoisotopic (exact) mass is 601 g/mol. The molecule has 3 saturated heterocycles. The summed E-state index contributed by atoms with van der Waals surface area (Å²) < 4.78 is 41.4. The van der Waals surface area contributed by atoms with E-state index in [-0.39, 0.29) is 23.5 Å². The van der Waals surface area contributed by atoms with Crippen molar-refractivity contribution in [3.05, 3.63) is 69.2 Å². The highest BCUT2D eigenvalue weighted by molar-refractivity contribution is 6.31. The Bertz CT molecular complexity index is 1340. The Balaban J connectivity index is 1.24. The maximum absolute atomic E-state index is 15.1. The molecule has 2 aromatic rings. The van der Waals surface area contributed by atoms with Crippen LogP contribution >= 0.6 is 11.6 Å². The van der Waals surface area contributed by atoms with Gasteiger partial charge >= 0.3 is 0 Å². The number of hydrogen-bond acceptors (Lipinski definition) is 5. The fraction of sp³-hybridized carbons (Fsp3) is 0.606. The minimum Gasteiger partial charge on any atom is -0.381 e. The van der Waals surface area contributed by atoms with Crippen LogP contribution in [0, 0.1) is 24.5 Å². The van der Waals surface area contributed by atoms with Gasteiger partial charge in [-0.25, -0.2) is 8.78 Å². The third-order valence-corrected chi connectivity index (χ3v) is 10.8. The SMILES string of the molecule is CNC(C)(C)[C@H]1OC2(CCN(C(=O)[C@@H]3CN(C4CCOCC4)C[C@H]3c3ccc(F)cc3F)CC2)c2cc(Cl)c(C)cc21. The molecular weight excluding hydrogens is 560 g/mol. The van der Waals surface area contributed by atoms with Crippen LogP contribution in [0.5, 0.6) is 0 Å². The van der Waals surface area contributed by atoms with E-state index in [4.69, 9.17) is 21.1 Å². The Kier molecular flexibility index (Phi) is 8.15. The van der Waals surface area contributed by atoms with Crippen molar-refractivity contribution in [1.82, 2.24) is 15.1 Å². The van der Waals surface area contributed by atoms with Crippen LogP contribution in [0.4, 0.5) is 8.78 Å². The van der Waals surface area contributed by atoms with Gasteiger partial charge in [0.05, 0.1) is 11.5 Å². The van der Waals surface area contributed by atoms with Gasteiger partial charge in [-0.3, -0.25) is 9.69 Å². The highest BCUT2D eigenvalue weighted by atomic mass is 35.5. The maximum atomic E-state index is 15.1. The number of nitrogens with zero attached hydrogens (tertiary/aromatic N) is 2. The number of likely N-dealkylation sites (N-methyl/N-ethyl adjacent to an activating group) is 1. The van der Waals surface area contributed by atoms with Crippen molar-refractivity contribution >= 4 is 17.5 Å². The molecule has 3 atom stereocenters. The third kappa shape index (κ3) is 5.28. The van der Waals surface area contributed by atoms with Gasteiger partial charge in [0.15, 0.2) is 0 Å². The van der Waals surface area contributed by atoms with E-state index in [0.717, 1.165) is 40.6 Å². The zero-order valence-corrected chi connectivity index (χ0v) is 25.8. The first kappa shape index (κ1) is 29.9. The van der Waals surface area contributed by atoms with Crippen molar-refractivity contribution in [2.75, 3.05) is 46.4 Å². The number of nitrogens with one attached hydrogen (secondary N) is 1. The summed E-state index contributed by atoms with van der Waals surface area (Å²) in [6.45, 7) is 9.93. The van der Waals surface area contributed by atoms with Crippen LogP contribution in [-0.2, 0) is 19.9 Å². The minimum atomic E-state index is -0.605. The quantitative estimate of drug-likeness (QED) is 0.476. The molecule has 1 spiro atoms. The number of amides is 1. The molecular formula is C33H42ClF2N3O3. The average molecular weight is 602 g/mol. The Hall–Kier alpha value is -2.10. The van der Waals surface area contributed by atoms with Crippen LogP contribution in [0.2, 0.25) is 5.02 Å². The van der Waals surface area contributed by atoms with Crippen molar-refractivity contribution in [1.29, 1.82) is 0 Å². The lowest BCUT2D eigenvalue weighted by Gasteiger charge is -2.42. The molecule has 0 bridgehead atoms. The van der Waals surface area contributed by atoms with Crippen LogP contribution in [0.25, 0.3) is 0 Å². The molecule has 9 heteroatoms. The molecule has 6 rings (SSSR count). The number of carbonyl (C=O) groups is 1. The summed E-state index contributed by atoms with van der Waals surface area (Å²) >= 11 is 6.63. The van der Waals surface area contributed by atoms with Crippen LogP contribution in [0.1, 0.15) is 73.8 Å². The minimum absolute atomic E-state index is 0.0420. The van der Waals surface area contributed by atoms with Gasteiger partial charge in [-0.1, -0.05) is 23.7 Å². The number of rotatable bonds is 5. The van der Waals surface area contributed by atoms with Gasteiger partial charge in [-0.15, -0.1) is 0 Å². The smallest absolute Gasteiger partial charge is 0.227 e. The standard InChI is InChI=1S/C33H42ClF2N3O3/c1-20-15-24-27(17-28(20)34)33(42-30(24)32(2,3)37-4)9-11-38(12-10-33)31(40)26-19-39(22-7-13-41-14-8-22)18-25(26)23-6-5-21(35)16-29(23)36/h5-6,15-17,22,25-26,30,37H,7-14,18-19H2,1-4H3/t25-,26+,30-/m0/s1. The molecule has 6 nitrogen and oxygen atoms in total. The number of benzene rings is 2. The topological polar surface area (TPSA) is 54.0 Å². The summed E-state index contributed by atoms with van der Waals surface area (Å²) in [5, 5.41) is 4.14. The summed E-state index contributed by atoms with van der Waals surface area (Å²) in [6.07, 6.45) is 2.97. The van der Waals surface area contributed by atoms with Gasteiger partial charge in [-0.05, 0) is 87.9 Å². The first-order valence-corrected chi connectivity index (χ1v) is 15.6. The zero-order chi connectivity index (χ0) is 29.8. The number of carbonyl (C=O) groups excluding carboxylic acids is 1. The fourth-order valence-electron chi connectivity index (χ4n) is 7.60. The van der Waals surface area contributed by atoms with Crippen molar-refractivity contribution in [3.8, 4) is 0 Å². The molecule has 1 N–H and O–H groups in total. The Labute approximate surface area is 252 Å². The van der Waals surface area contributed by atoms with E-state index in [2.05, 4.69) is 36.2 Å². The van der Waals surface area contributed by atoms with Crippen LogP contribution in [0.3, 0.4) is 0 Å². The lowest BCUT2D eigenvalue weighted by molar-refractivity contribution is -0.151. The molecule has 0 aliphatic carbocycles. The van der Waals surface area contributed by atoms with E-state index in [1.807, 2.05) is 18.9 Å². The highest BCUT2D eigenvalue weighted by Gasteiger charge is 2.52. The molecule has 4 aliphatic heterocycles. The van der Waals surface area contributed by atoms with Crippen molar-refractivity contribution in [3.63, 3.8) is 0 Å². The molecule has 0 aromatic heterocycles. The number of likely N-dealkylation sites (tertiary alicyclic amines) is 2. The number of piperidine rings is 1. The first-order chi connectivity index (χ1) is 20.0. The van der Waals surface area contributed by atoms with Crippen molar-refractivity contribution in [2.45, 2.75) is 75.7 Å². The molecule has 3 fully saturated rings. The molecule has 228 valence electrons. The Morgan fingerprint density at radius 3 is 2.45 bits per heavy atom. The van der Waals surface area contributed by atoms with Gasteiger partial charge in [-0.2, -0.15) is 0 Å². The number of hydrogen-bond donors (Lipinski definition) is 1. The fourth-order valence-corrected chi connectivity index (χ4v) is 7.76. The Morgan fingerprint density at radius 2 is 1.79 bits per heavy atom. The number of aryl methyl sites for hydroxylation is 1. The molecule has 4 aliphatic rings. The van der Waals surface area contributed by atoms with E-state index < -0.39 is 23.2 Å². The van der Waals surface area contributed by atoms with Crippen LogP contribution in [0.15, 0.2) is 30.3 Å². The van der Waals surface area contributed by atoms with E-state index in [1.165, 1.54) is 12.1 Å². The van der Waals surface area contributed by atoms with Gasteiger partial charge in [0, 0.05) is 68.0 Å². The second-order valence-electron chi connectivity index (χ2n) is 13.2. The normalized spacial score (nSPS) is 26.6. The summed E-state index contributed by atoms with van der Waals surface area (Å²) in [5.74, 6) is -1.87. The second kappa shape index (κ2) is 11.4. The molecule has 42 heavy (non-hydrogen) atoms. The van der Waals surface area contributed by atoms with Crippen molar-refractivity contribution < 1.29 is 23.0 Å². The summed E-state index contributed by atoms with van der Waals surface area (Å²) in [5.41, 5.74) is 2.91. The molecule has 4 heterocycles.